The smallest absolute Gasteiger partial charge is 0.250 e. The maximum Gasteiger partial charge on any atom is 0.250 e. The van der Waals surface area contributed by atoms with Gasteiger partial charge in [0.2, 0.25) is 10.0 Å². The lowest BCUT2D eigenvalue weighted by Gasteiger charge is -2.25. The predicted molar refractivity (Wildman–Crippen MR) is 101 cm³/mol. The third-order valence-corrected chi connectivity index (χ3v) is 7.55. The van der Waals surface area contributed by atoms with Crippen LogP contribution >= 0.6 is 22.9 Å². The Morgan fingerprint density at radius 2 is 2.04 bits per heavy atom. The number of rotatable bonds is 7. The van der Waals surface area contributed by atoms with Crippen LogP contribution in [0.2, 0.25) is 4.34 Å². The van der Waals surface area contributed by atoms with Crippen molar-refractivity contribution in [3.63, 3.8) is 0 Å². The minimum absolute atomic E-state index is 0.255. The number of halogens is 1. The van der Waals surface area contributed by atoms with Gasteiger partial charge in [0.1, 0.15) is 9.96 Å². The molecule has 1 aliphatic heterocycles. The van der Waals surface area contributed by atoms with Gasteiger partial charge in [-0.15, -0.1) is 11.3 Å². The second-order valence-electron chi connectivity index (χ2n) is 5.92. The van der Waals surface area contributed by atoms with Crippen LogP contribution in [0.3, 0.4) is 0 Å². The summed E-state index contributed by atoms with van der Waals surface area (Å²) in [6.07, 6.45) is 2.20. The van der Waals surface area contributed by atoms with Crippen LogP contribution in [0.4, 0.5) is 0 Å². The maximum atomic E-state index is 12.2. The number of benzene rings is 1. The molecule has 8 heteroatoms. The summed E-state index contributed by atoms with van der Waals surface area (Å²) >= 11 is 6.89. The van der Waals surface area contributed by atoms with Crippen molar-refractivity contribution in [1.29, 1.82) is 0 Å². The first-order chi connectivity index (χ1) is 12.0. The van der Waals surface area contributed by atoms with Gasteiger partial charge in [0, 0.05) is 19.1 Å². The van der Waals surface area contributed by atoms with Crippen molar-refractivity contribution in [3.8, 4) is 5.75 Å². The number of hydrogen-bond acceptors (Lipinski definition) is 5. The van der Waals surface area contributed by atoms with Crippen molar-refractivity contribution < 1.29 is 13.2 Å². The van der Waals surface area contributed by atoms with Crippen molar-refractivity contribution in [2.75, 3.05) is 26.7 Å². The van der Waals surface area contributed by atoms with Crippen LogP contribution in [0, 0.1) is 0 Å². The molecule has 5 nitrogen and oxygen atoms in total. The highest BCUT2D eigenvalue weighted by Crippen LogP contribution is 2.32. The number of nitrogens with zero attached hydrogens (tertiary/aromatic N) is 1. The average molecular weight is 401 g/mol. The van der Waals surface area contributed by atoms with Crippen molar-refractivity contribution in [3.05, 3.63) is 46.3 Å². The summed E-state index contributed by atoms with van der Waals surface area (Å²) in [5, 5.41) is 0. The quantitative estimate of drug-likeness (QED) is 0.772. The number of nitrogens with one attached hydrogen (secondary N) is 1. The van der Waals surface area contributed by atoms with Gasteiger partial charge >= 0.3 is 0 Å². The number of ether oxygens (including phenoxy) is 1. The zero-order valence-electron chi connectivity index (χ0n) is 13.9. The van der Waals surface area contributed by atoms with E-state index in [1.807, 2.05) is 12.1 Å². The molecule has 136 valence electrons. The molecule has 2 aromatic rings. The van der Waals surface area contributed by atoms with E-state index in [0.717, 1.165) is 36.5 Å². The van der Waals surface area contributed by atoms with Gasteiger partial charge in [-0.2, -0.15) is 0 Å². The fraction of sp³-hybridized carbons (Fsp3) is 0.412. The number of methoxy groups -OCH3 is 1. The molecule has 0 bridgehead atoms. The van der Waals surface area contributed by atoms with Crippen LogP contribution in [-0.2, 0) is 10.0 Å². The Morgan fingerprint density at radius 3 is 2.68 bits per heavy atom. The van der Waals surface area contributed by atoms with E-state index < -0.39 is 10.0 Å². The van der Waals surface area contributed by atoms with Crippen LogP contribution in [0.5, 0.6) is 5.75 Å². The van der Waals surface area contributed by atoms with Gasteiger partial charge in [0.15, 0.2) is 0 Å². The summed E-state index contributed by atoms with van der Waals surface area (Å²) < 4.78 is 33.1. The molecule has 25 heavy (non-hydrogen) atoms. The zero-order valence-corrected chi connectivity index (χ0v) is 16.3. The third kappa shape index (κ3) is 4.54. The van der Waals surface area contributed by atoms with Crippen LogP contribution < -0.4 is 9.46 Å². The van der Waals surface area contributed by atoms with Gasteiger partial charge in [0.05, 0.1) is 11.4 Å². The lowest BCUT2D eigenvalue weighted by atomic mass is 10.0. The normalized spacial score (nSPS) is 18.6. The summed E-state index contributed by atoms with van der Waals surface area (Å²) in [4.78, 5) is 2.33. The molecule has 1 aliphatic rings. The largest absolute Gasteiger partial charge is 0.497 e. The first-order valence-corrected chi connectivity index (χ1v) is 10.8. The van der Waals surface area contributed by atoms with E-state index in [1.54, 1.807) is 13.2 Å². The molecule has 0 aliphatic carbocycles. The first kappa shape index (κ1) is 18.7. The molecule has 2 heterocycles. The Morgan fingerprint density at radius 1 is 1.28 bits per heavy atom. The maximum absolute atomic E-state index is 12.2. The second kappa shape index (κ2) is 8.05. The van der Waals surface area contributed by atoms with E-state index >= 15 is 0 Å². The topological polar surface area (TPSA) is 58.6 Å². The van der Waals surface area contributed by atoms with E-state index in [4.69, 9.17) is 16.3 Å². The minimum atomic E-state index is -3.48. The Kier molecular flexibility index (Phi) is 6.01. The number of thiophene rings is 1. The Labute approximate surface area is 157 Å². The van der Waals surface area contributed by atoms with Gasteiger partial charge < -0.3 is 4.74 Å². The Hall–Kier alpha value is -1.12. The monoisotopic (exact) mass is 400 g/mol. The molecule has 0 spiro atoms. The van der Waals surface area contributed by atoms with E-state index in [1.165, 1.54) is 11.6 Å². The van der Waals surface area contributed by atoms with Crippen molar-refractivity contribution in [1.82, 2.24) is 9.62 Å². The third-order valence-electron chi connectivity index (χ3n) is 4.37. The van der Waals surface area contributed by atoms with Gasteiger partial charge in [-0.3, -0.25) is 4.90 Å². The molecule has 1 unspecified atom stereocenters. The molecule has 1 N–H and O–H groups in total. The van der Waals surface area contributed by atoms with Gasteiger partial charge in [-0.05, 0) is 49.2 Å². The van der Waals surface area contributed by atoms with E-state index in [0.29, 0.717) is 23.5 Å². The summed E-state index contributed by atoms with van der Waals surface area (Å²) in [7, 11) is -1.82. The lowest BCUT2D eigenvalue weighted by molar-refractivity contribution is 0.261. The molecular formula is C17H21ClN2O3S2. The molecule has 1 atom stereocenters. The van der Waals surface area contributed by atoms with Gasteiger partial charge in [0.25, 0.3) is 0 Å². The first-order valence-electron chi connectivity index (χ1n) is 8.12. The fourth-order valence-corrected chi connectivity index (χ4v) is 5.68. The van der Waals surface area contributed by atoms with Crippen LogP contribution in [-0.4, -0.2) is 40.1 Å². The van der Waals surface area contributed by atoms with E-state index in [9.17, 15) is 8.42 Å². The molecule has 0 amide bonds. The molecule has 1 aromatic carbocycles. The van der Waals surface area contributed by atoms with Crippen molar-refractivity contribution in [2.45, 2.75) is 23.1 Å². The standard InChI is InChI=1S/C17H21ClN2O3S2/c1-23-14-6-4-13(5-7-14)15-3-2-11-20(15)12-10-19-25(21,22)17-9-8-16(18)24-17/h4-9,15,19H,2-3,10-12H2,1H3. The number of likely N-dealkylation sites (tertiary alicyclic amines) is 1. The highest BCUT2D eigenvalue weighted by Gasteiger charge is 2.26. The molecule has 0 saturated carbocycles. The summed E-state index contributed by atoms with van der Waals surface area (Å²) in [6.45, 7) is 2.03. The number of sulfonamides is 1. The van der Waals surface area contributed by atoms with E-state index in [2.05, 4.69) is 21.8 Å². The van der Waals surface area contributed by atoms with E-state index in [-0.39, 0.29) is 4.21 Å². The fourth-order valence-electron chi connectivity index (χ4n) is 3.13. The van der Waals surface area contributed by atoms with Crippen molar-refractivity contribution in [2.24, 2.45) is 0 Å². The van der Waals surface area contributed by atoms with Crippen LogP contribution in [0.1, 0.15) is 24.4 Å². The van der Waals surface area contributed by atoms with Gasteiger partial charge in [-0.1, -0.05) is 23.7 Å². The molecular weight excluding hydrogens is 380 g/mol. The van der Waals surface area contributed by atoms with Crippen molar-refractivity contribution >= 4 is 33.0 Å². The number of hydrogen-bond donors (Lipinski definition) is 1. The molecule has 3 rings (SSSR count). The molecule has 0 radical (unpaired) electrons. The molecule has 1 fully saturated rings. The minimum Gasteiger partial charge on any atom is -0.497 e. The lowest BCUT2D eigenvalue weighted by Crippen LogP contribution is -2.34. The predicted octanol–water partition coefficient (Wildman–Crippen LogP) is 3.53. The van der Waals surface area contributed by atoms with Gasteiger partial charge in [-0.25, -0.2) is 13.1 Å². The highest BCUT2D eigenvalue weighted by molar-refractivity contribution is 7.91. The Balaban J connectivity index is 1.58. The van der Waals surface area contributed by atoms with Crippen LogP contribution in [0.25, 0.3) is 0 Å². The summed E-state index contributed by atoms with van der Waals surface area (Å²) in [5.74, 6) is 0.843. The van der Waals surface area contributed by atoms with Crippen LogP contribution in [0.15, 0.2) is 40.6 Å². The second-order valence-corrected chi connectivity index (χ2v) is 9.63. The Bertz CT molecular complexity index is 806. The summed E-state index contributed by atoms with van der Waals surface area (Å²) in [6, 6.07) is 11.6. The highest BCUT2D eigenvalue weighted by atomic mass is 35.5. The summed E-state index contributed by atoms with van der Waals surface area (Å²) in [5.41, 5.74) is 1.24. The zero-order chi connectivity index (χ0) is 17.9. The molecule has 1 aromatic heterocycles. The molecule has 1 saturated heterocycles. The SMILES string of the molecule is COc1ccc(C2CCCN2CCNS(=O)(=O)c2ccc(Cl)s2)cc1. The average Bonchev–Trinajstić information content (AvgIpc) is 3.24.